The van der Waals surface area contributed by atoms with Crippen LogP contribution in [0.2, 0.25) is 0 Å². The van der Waals surface area contributed by atoms with Crippen molar-refractivity contribution >= 4 is 16.7 Å². The Bertz CT molecular complexity index is 650. The van der Waals surface area contributed by atoms with E-state index in [2.05, 4.69) is 21.8 Å². The van der Waals surface area contributed by atoms with E-state index < -0.39 is 0 Å². The zero-order valence-electron chi connectivity index (χ0n) is 12.6. The molecule has 1 aliphatic heterocycles. The van der Waals surface area contributed by atoms with E-state index in [-0.39, 0.29) is 11.8 Å². The second-order valence-corrected chi connectivity index (χ2v) is 5.86. The molecular formula is C17H21N3O. The lowest BCUT2D eigenvalue weighted by atomic mass is 10.00. The number of benzene rings is 1. The highest BCUT2D eigenvalue weighted by molar-refractivity contribution is 6.09. The molecule has 0 N–H and O–H groups in total. The lowest BCUT2D eigenvalue weighted by Crippen LogP contribution is -2.43. The summed E-state index contributed by atoms with van der Waals surface area (Å²) in [5.74, 6) is 0.176. The van der Waals surface area contributed by atoms with E-state index in [1.807, 2.05) is 37.4 Å². The molecule has 0 spiro atoms. The summed E-state index contributed by atoms with van der Waals surface area (Å²) >= 11 is 0. The van der Waals surface area contributed by atoms with Gasteiger partial charge in [0.25, 0.3) is 0 Å². The lowest BCUT2D eigenvalue weighted by Gasteiger charge is -2.26. The van der Waals surface area contributed by atoms with E-state index in [4.69, 9.17) is 0 Å². The SMILES string of the molecule is CN1CCCN(C)C(C(=O)c2cccc3cccnc23)C1. The summed E-state index contributed by atoms with van der Waals surface area (Å²) in [6, 6.07) is 9.66. The Balaban J connectivity index is 1.99. The number of carbonyl (C=O) groups excluding carboxylic acids is 1. The smallest absolute Gasteiger partial charge is 0.183 e. The molecule has 2 aromatic rings. The van der Waals surface area contributed by atoms with Crippen LogP contribution in [0.15, 0.2) is 36.5 Å². The van der Waals surface area contributed by atoms with Gasteiger partial charge in [0.05, 0.1) is 11.6 Å². The average molecular weight is 283 g/mol. The lowest BCUT2D eigenvalue weighted by molar-refractivity contribution is 0.0841. The quantitative estimate of drug-likeness (QED) is 0.791. The molecule has 0 bridgehead atoms. The highest BCUT2D eigenvalue weighted by atomic mass is 16.1. The zero-order chi connectivity index (χ0) is 14.8. The highest BCUT2D eigenvalue weighted by Crippen LogP contribution is 2.20. The van der Waals surface area contributed by atoms with Gasteiger partial charge in [0.2, 0.25) is 0 Å². The van der Waals surface area contributed by atoms with Crippen LogP contribution < -0.4 is 0 Å². The first-order valence-corrected chi connectivity index (χ1v) is 7.43. The Morgan fingerprint density at radius 2 is 2.00 bits per heavy atom. The fourth-order valence-corrected chi connectivity index (χ4v) is 3.04. The highest BCUT2D eigenvalue weighted by Gasteiger charge is 2.28. The third-order valence-electron chi connectivity index (χ3n) is 4.27. The predicted molar refractivity (Wildman–Crippen MR) is 84.6 cm³/mol. The van der Waals surface area contributed by atoms with Gasteiger partial charge in [-0.15, -0.1) is 0 Å². The number of para-hydroxylation sites is 1. The third-order valence-corrected chi connectivity index (χ3v) is 4.27. The fourth-order valence-electron chi connectivity index (χ4n) is 3.04. The maximum absolute atomic E-state index is 13.0. The monoisotopic (exact) mass is 283 g/mol. The second-order valence-electron chi connectivity index (χ2n) is 5.86. The molecule has 0 aliphatic carbocycles. The van der Waals surface area contributed by atoms with Crippen LogP contribution in [0.1, 0.15) is 16.8 Å². The molecule has 1 fully saturated rings. The van der Waals surface area contributed by atoms with Gasteiger partial charge in [-0.3, -0.25) is 14.7 Å². The van der Waals surface area contributed by atoms with Crippen LogP contribution in [-0.4, -0.2) is 60.3 Å². The van der Waals surface area contributed by atoms with Crippen molar-refractivity contribution in [3.63, 3.8) is 0 Å². The summed E-state index contributed by atoms with van der Waals surface area (Å²) < 4.78 is 0. The van der Waals surface area contributed by atoms with E-state index in [0.29, 0.717) is 0 Å². The Morgan fingerprint density at radius 1 is 1.19 bits per heavy atom. The minimum absolute atomic E-state index is 0.0925. The molecule has 0 saturated carbocycles. The van der Waals surface area contributed by atoms with Crippen molar-refractivity contribution in [1.82, 2.24) is 14.8 Å². The van der Waals surface area contributed by atoms with Gasteiger partial charge in [0.15, 0.2) is 5.78 Å². The summed E-state index contributed by atoms with van der Waals surface area (Å²) in [5.41, 5.74) is 1.55. The number of carbonyl (C=O) groups is 1. The molecule has 0 radical (unpaired) electrons. The zero-order valence-corrected chi connectivity index (χ0v) is 12.6. The van der Waals surface area contributed by atoms with Gasteiger partial charge in [-0.25, -0.2) is 0 Å². The van der Waals surface area contributed by atoms with Crippen molar-refractivity contribution < 1.29 is 4.79 Å². The minimum atomic E-state index is -0.0925. The van der Waals surface area contributed by atoms with E-state index in [1.54, 1.807) is 6.20 Å². The van der Waals surface area contributed by atoms with Gasteiger partial charge in [-0.1, -0.05) is 18.2 Å². The number of nitrogens with zero attached hydrogens (tertiary/aromatic N) is 3. The Labute approximate surface area is 125 Å². The van der Waals surface area contributed by atoms with Crippen molar-refractivity contribution in [2.24, 2.45) is 0 Å². The number of hydrogen-bond donors (Lipinski definition) is 0. The van der Waals surface area contributed by atoms with Crippen LogP contribution >= 0.6 is 0 Å². The number of Topliss-reactive ketones (excluding diaryl/α,β-unsaturated/α-hetero) is 1. The van der Waals surface area contributed by atoms with Gasteiger partial charge in [-0.2, -0.15) is 0 Å². The molecule has 1 aromatic heterocycles. The average Bonchev–Trinajstić information content (AvgIpc) is 2.67. The Morgan fingerprint density at radius 3 is 2.86 bits per heavy atom. The van der Waals surface area contributed by atoms with Crippen LogP contribution in [0.3, 0.4) is 0 Å². The molecule has 1 saturated heterocycles. The van der Waals surface area contributed by atoms with E-state index in [9.17, 15) is 4.79 Å². The van der Waals surface area contributed by atoms with Crippen LogP contribution in [0.5, 0.6) is 0 Å². The Hall–Kier alpha value is -1.78. The largest absolute Gasteiger partial charge is 0.304 e. The van der Waals surface area contributed by atoms with Crippen molar-refractivity contribution in [1.29, 1.82) is 0 Å². The Kier molecular flexibility index (Phi) is 3.99. The van der Waals surface area contributed by atoms with Crippen molar-refractivity contribution in [3.05, 3.63) is 42.1 Å². The summed E-state index contributed by atoms with van der Waals surface area (Å²) in [7, 11) is 4.13. The first kappa shape index (κ1) is 14.2. The number of aromatic nitrogens is 1. The van der Waals surface area contributed by atoms with Gasteiger partial charge < -0.3 is 4.90 Å². The fraction of sp³-hybridized carbons (Fsp3) is 0.412. The number of hydrogen-bond acceptors (Lipinski definition) is 4. The first-order valence-electron chi connectivity index (χ1n) is 7.43. The van der Waals surface area contributed by atoms with Crippen LogP contribution in [0.25, 0.3) is 10.9 Å². The van der Waals surface area contributed by atoms with Gasteiger partial charge in [-0.05, 0) is 45.7 Å². The molecule has 4 heteroatoms. The van der Waals surface area contributed by atoms with Crippen LogP contribution in [0, 0.1) is 0 Å². The van der Waals surface area contributed by atoms with E-state index >= 15 is 0 Å². The standard InChI is InChI=1S/C17H21N3O/c1-19-10-5-11-20(2)15(12-19)17(21)14-8-3-6-13-7-4-9-18-16(13)14/h3-4,6-9,15H,5,10-12H2,1-2H3. The van der Waals surface area contributed by atoms with Crippen molar-refractivity contribution in [2.45, 2.75) is 12.5 Å². The first-order chi connectivity index (χ1) is 10.2. The molecule has 110 valence electrons. The van der Waals surface area contributed by atoms with Crippen LogP contribution in [-0.2, 0) is 0 Å². The van der Waals surface area contributed by atoms with Gasteiger partial charge >= 0.3 is 0 Å². The van der Waals surface area contributed by atoms with Gasteiger partial charge in [0, 0.05) is 23.7 Å². The second kappa shape index (κ2) is 5.92. The predicted octanol–water partition coefficient (Wildman–Crippen LogP) is 2.05. The van der Waals surface area contributed by atoms with E-state index in [1.165, 1.54) is 0 Å². The number of rotatable bonds is 2. The summed E-state index contributed by atoms with van der Waals surface area (Å²) in [5, 5.41) is 1.02. The molecule has 1 unspecified atom stereocenters. The molecule has 1 aromatic carbocycles. The summed E-state index contributed by atoms with van der Waals surface area (Å²) in [6.45, 7) is 2.78. The van der Waals surface area contributed by atoms with Crippen molar-refractivity contribution in [3.8, 4) is 0 Å². The number of pyridine rings is 1. The molecule has 1 atom stereocenters. The molecule has 2 heterocycles. The maximum atomic E-state index is 13.0. The molecular weight excluding hydrogens is 262 g/mol. The maximum Gasteiger partial charge on any atom is 0.183 e. The molecule has 21 heavy (non-hydrogen) atoms. The molecule has 0 amide bonds. The van der Waals surface area contributed by atoms with Crippen LogP contribution in [0.4, 0.5) is 0 Å². The molecule has 3 rings (SSSR count). The summed E-state index contributed by atoms with van der Waals surface area (Å²) in [4.78, 5) is 21.8. The minimum Gasteiger partial charge on any atom is -0.304 e. The molecule has 1 aliphatic rings. The summed E-state index contributed by atoms with van der Waals surface area (Å²) in [6.07, 6.45) is 2.85. The molecule has 4 nitrogen and oxygen atoms in total. The van der Waals surface area contributed by atoms with E-state index in [0.717, 1.165) is 42.5 Å². The number of ketones is 1. The normalized spacial score (nSPS) is 21.3. The number of likely N-dealkylation sites (N-methyl/N-ethyl adjacent to an activating group) is 2. The third kappa shape index (κ3) is 2.82. The topological polar surface area (TPSA) is 36.4 Å². The van der Waals surface area contributed by atoms with Crippen molar-refractivity contribution in [2.75, 3.05) is 33.7 Å². The van der Waals surface area contributed by atoms with Gasteiger partial charge in [0.1, 0.15) is 0 Å². The number of fused-ring (bicyclic) bond motifs is 1.